The molecule has 1 aromatic rings. The molecule has 1 fully saturated rings. The van der Waals surface area contributed by atoms with Gasteiger partial charge in [0.15, 0.2) is 0 Å². The Labute approximate surface area is 84.4 Å². The van der Waals surface area contributed by atoms with Gasteiger partial charge in [0, 0.05) is 45.1 Å². The van der Waals surface area contributed by atoms with Gasteiger partial charge in [-0.1, -0.05) is 0 Å². The van der Waals surface area contributed by atoms with Gasteiger partial charge >= 0.3 is 0 Å². The summed E-state index contributed by atoms with van der Waals surface area (Å²) >= 11 is 0. The Balaban J connectivity index is 1.92. The van der Waals surface area contributed by atoms with Gasteiger partial charge in [-0.25, -0.2) is 0 Å². The number of rotatable bonds is 2. The van der Waals surface area contributed by atoms with Gasteiger partial charge in [-0.05, 0) is 6.92 Å². The number of hydrogen-bond acceptors (Lipinski definition) is 4. The van der Waals surface area contributed by atoms with Crippen molar-refractivity contribution in [1.29, 1.82) is 0 Å². The van der Waals surface area contributed by atoms with Crippen LogP contribution < -0.4 is 5.32 Å². The minimum absolute atomic E-state index is 0.926. The summed E-state index contributed by atoms with van der Waals surface area (Å²) in [6.45, 7) is 7.26. The smallest absolute Gasteiger partial charge is 0.0727 e. The maximum Gasteiger partial charge on any atom is 0.0727 e. The first kappa shape index (κ1) is 9.55. The molecule has 0 atom stereocenters. The van der Waals surface area contributed by atoms with E-state index < -0.39 is 0 Å². The van der Waals surface area contributed by atoms with Crippen LogP contribution in [0.25, 0.3) is 0 Å². The van der Waals surface area contributed by atoms with E-state index in [1.807, 2.05) is 19.3 Å². The summed E-state index contributed by atoms with van der Waals surface area (Å²) in [5.74, 6) is 0. The summed E-state index contributed by atoms with van der Waals surface area (Å²) in [6, 6.07) is 0. The van der Waals surface area contributed by atoms with E-state index in [0.717, 1.165) is 44.1 Å². The van der Waals surface area contributed by atoms with Gasteiger partial charge in [0.05, 0.1) is 11.4 Å². The second-order valence-corrected chi connectivity index (χ2v) is 3.68. The predicted octanol–water partition coefficient (Wildman–Crippen LogP) is 0.190. The number of aryl methyl sites for hydroxylation is 1. The summed E-state index contributed by atoms with van der Waals surface area (Å²) in [6.07, 6.45) is 3.70. The number of hydrogen-bond donors (Lipinski definition) is 1. The Morgan fingerprint density at radius 3 is 2.71 bits per heavy atom. The Morgan fingerprint density at radius 2 is 2.07 bits per heavy atom. The van der Waals surface area contributed by atoms with Crippen LogP contribution in [0.5, 0.6) is 0 Å². The Bertz CT molecular complexity index is 277. The Kier molecular flexibility index (Phi) is 3.06. The van der Waals surface area contributed by atoms with Crippen molar-refractivity contribution in [3.05, 3.63) is 23.8 Å². The van der Waals surface area contributed by atoms with Crippen LogP contribution in [-0.4, -0.2) is 41.0 Å². The average Bonchev–Trinajstić information content (AvgIpc) is 2.23. The molecule has 2 rings (SSSR count). The van der Waals surface area contributed by atoms with Crippen molar-refractivity contribution in [3.8, 4) is 0 Å². The van der Waals surface area contributed by atoms with Crippen LogP contribution in [0.3, 0.4) is 0 Å². The predicted molar refractivity (Wildman–Crippen MR) is 54.9 cm³/mol. The fraction of sp³-hybridized carbons (Fsp3) is 0.600. The zero-order valence-corrected chi connectivity index (χ0v) is 8.53. The maximum absolute atomic E-state index is 4.35. The molecule has 1 aliphatic heterocycles. The van der Waals surface area contributed by atoms with Crippen molar-refractivity contribution in [3.63, 3.8) is 0 Å². The third-order valence-corrected chi connectivity index (χ3v) is 2.43. The van der Waals surface area contributed by atoms with Crippen LogP contribution in [0.15, 0.2) is 12.4 Å². The van der Waals surface area contributed by atoms with Crippen molar-refractivity contribution in [2.24, 2.45) is 0 Å². The lowest BCUT2D eigenvalue weighted by molar-refractivity contribution is 0.230. The molecule has 14 heavy (non-hydrogen) atoms. The molecule has 0 bridgehead atoms. The first-order chi connectivity index (χ1) is 6.84. The molecule has 0 saturated carbocycles. The highest BCUT2D eigenvalue weighted by molar-refractivity contribution is 5.00. The molecule has 2 heterocycles. The highest BCUT2D eigenvalue weighted by atomic mass is 15.2. The van der Waals surface area contributed by atoms with E-state index in [4.69, 9.17) is 0 Å². The van der Waals surface area contributed by atoms with Crippen LogP contribution in [0.4, 0.5) is 0 Å². The number of nitrogens with one attached hydrogen (secondary N) is 1. The largest absolute Gasteiger partial charge is 0.314 e. The zero-order chi connectivity index (χ0) is 9.80. The first-order valence-corrected chi connectivity index (χ1v) is 5.05. The molecule has 1 aliphatic rings. The standard InChI is InChI=1S/C10H16N4/c1-9-6-13-10(7-12-9)8-14-4-2-11-3-5-14/h6-7,11H,2-5,8H2,1H3. The zero-order valence-electron chi connectivity index (χ0n) is 8.53. The second kappa shape index (κ2) is 4.48. The summed E-state index contributed by atoms with van der Waals surface area (Å²) in [7, 11) is 0. The number of nitrogens with zero attached hydrogens (tertiary/aromatic N) is 3. The van der Waals surface area contributed by atoms with Gasteiger partial charge in [0.1, 0.15) is 0 Å². The third-order valence-electron chi connectivity index (χ3n) is 2.43. The molecule has 0 aliphatic carbocycles. The summed E-state index contributed by atoms with van der Waals surface area (Å²) in [5, 5.41) is 3.33. The van der Waals surface area contributed by atoms with Crippen LogP contribution in [0.1, 0.15) is 11.4 Å². The van der Waals surface area contributed by atoms with Crippen LogP contribution in [-0.2, 0) is 6.54 Å². The minimum atomic E-state index is 0.926. The van der Waals surface area contributed by atoms with E-state index in [9.17, 15) is 0 Å². The monoisotopic (exact) mass is 192 g/mol. The lowest BCUT2D eigenvalue weighted by Crippen LogP contribution is -2.43. The fourth-order valence-corrected chi connectivity index (χ4v) is 1.60. The van der Waals surface area contributed by atoms with E-state index in [1.54, 1.807) is 0 Å². The molecule has 1 aromatic heterocycles. The maximum atomic E-state index is 4.35. The molecular weight excluding hydrogens is 176 g/mol. The van der Waals surface area contributed by atoms with E-state index in [0.29, 0.717) is 0 Å². The lowest BCUT2D eigenvalue weighted by Gasteiger charge is -2.26. The molecule has 0 radical (unpaired) electrons. The SMILES string of the molecule is Cc1cnc(CN2CCNCC2)cn1. The Morgan fingerprint density at radius 1 is 1.29 bits per heavy atom. The Hall–Kier alpha value is -1.00. The second-order valence-electron chi connectivity index (χ2n) is 3.68. The molecule has 0 aromatic carbocycles. The van der Waals surface area contributed by atoms with E-state index in [2.05, 4.69) is 20.2 Å². The molecule has 4 heteroatoms. The number of aromatic nitrogens is 2. The van der Waals surface area contributed by atoms with Crippen molar-refractivity contribution >= 4 is 0 Å². The van der Waals surface area contributed by atoms with Crippen molar-refractivity contribution < 1.29 is 0 Å². The van der Waals surface area contributed by atoms with Crippen LogP contribution >= 0.6 is 0 Å². The molecule has 0 amide bonds. The van der Waals surface area contributed by atoms with Crippen LogP contribution in [0.2, 0.25) is 0 Å². The van der Waals surface area contributed by atoms with E-state index >= 15 is 0 Å². The average molecular weight is 192 g/mol. The van der Waals surface area contributed by atoms with Crippen LogP contribution in [0, 0.1) is 6.92 Å². The van der Waals surface area contributed by atoms with Crippen molar-refractivity contribution in [1.82, 2.24) is 20.2 Å². The van der Waals surface area contributed by atoms with Gasteiger partial charge in [-0.2, -0.15) is 0 Å². The van der Waals surface area contributed by atoms with E-state index in [1.165, 1.54) is 0 Å². The summed E-state index contributed by atoms with van der Waals surface area (Å²) in [5.41, 5.74) is 2.05. The molecule has 1 N–H and O–H groups in total. The molecule has 0 spiro atoms. The third kappa shape index (κ3) is 2.49. The van der Waals surface area contributed by atoms with Gasteiger partial charge in [-0.3, -0.25) is 14.9 Å². The highest BCUT2D eigenvalue weighted by Crippen LogP contribution is 2.01. The van der Waals surface area contributed by atoms with Gasteiger partial charge in [0.25, 0.3) is 0 Å². The normalized spacial score (nSPS) is 18.4. The summed E-state index contributed by atoms with van der Waals surface area (Å²) in [4.78, 5) is 11.0. The van der Waals surface area contributed by atoms with Gasteiger partial charge < -0.3 is 5.32 Å². The molecule has 4 nitrogen and oxygen atoms in total. The first-order valence-electron chi connectivity index (χ1n) is 5.05. The lowest BCUT2D eigenvalue weighted by atomic mass is 10.3. The van der Waals surface area contributed by atoms with E-state index in [-0.39, 0.29) is 0 Å². The molecule has 1 saturated heterocycles. The minimum Gasteiger partial charge on any atom is -0.314 e. The number of piperazine rings is 1. The van der Waals surface area contributed by atoms with Crippen molar-refractivity contribution in [2.45, 2.75) is 13.5 Å². The fourth-order valence-electron chi connectivity index (χ4n) is 1.60. The highest BCUT2D eigenvalue weighted by Gasteiger charge is 2.10. The van der Waals surface area contributed by atoms with Gasteiger partial charge in [0.2, 0.25) is 0 Å². The summed E-state index contributed by atoms with van der Waals surface area (Å²) < 4.78 is 0. The molecular formula is C10H16N4. The molecule has 76 valence electrons. The van der Waals surface area contributed by atoms with Crippen molar-refractivity contribution in [2.75, 3.05) is 26.2 Å². The molecule has 0 unspecified atom stereocenters. The topological polar surface area (TPSA) is 41.1 Å². The quantitative estimate of drug-likeness (QED) is 0.726. The van der Waals surface area contributed by atoms with Gasteiger partial charge in [-0.15, -0.1) is 0 Å².